The van der Waals surface area contributed by atoms with Gasteiger partial charge in [0.05, 0.1) is 5.69 Å². The van der Waals surface area contributed by atoms with E-state index in [0.717, 1.165) is 5.56 Å². The highest BCUT2D eigenvalue weighted by atomic mass is 32.1. The smallest absolute Gasteiger partial charge is 0.263 e. The molecule has 5 nitrogen and oxygen atoms in total. The van der Waals surface area contributed by atoms with Crippen LogP contribution in [0.5, 0.6) is 5.75 Å². The van der Waals surface area contributed by atoms with Gasteiger partial charge in [-0.15, -0.1) is 0 Å². The molecule has 1 aromatic carbocycles. The summed E-state index contributed by atoms with van der Waals surface area (Å²) in [7, 11) is 0. The topological polar surface area (TPSA) is 88.2 Å². The molecule has 1 aromatic heterocycles. The number of aromatic hydroxyl groups is 1. The van der Waals surface area contributed by atoms with Gasteiger partial charge in [-0.3, -0.25) is 4.79 Å². The Morgan fingerprint density at radius 2 is 2.11 bits per heavy atom. The van der Waals surface area contributed by atoms with E-state index in [1.165, 1.54) is 11.3 Å². The number of hydrogen-bond acceptors (Lipinski definition) is 5. The Hall–Kier alpha value is -2.08. The first-order valence-electron chi connectivity index (χ1n) is 5.35. The van der Waals surface area contributed by atoms with Crippen LogP contribution in [-0.4, -0.2) is 16.0 Å². The monoisotopic (exact) mass is 263 g/mol. The maximum atomic E-state index is 11.9. The van der Waals surface area contributed by atoms with Crippen LogP contribution in [0.4, 0.5) is 5.13 Å². The molecule has 0 unspecified atom stereocenters. The molecule has 0 saturated carbocycles. The van der Waals surface area contributed by atoms with Crippen LogP contribution in [0, 0.1) is 6.92 Å². The predicted molar refractivity (Wildman–Crippen MR) is 70.5 cm³/mol. The molecule has 0 saturated heterocycles. The predicted octanol–water partition coefficient (Wildman–Crippen LogP) is 1.67. The zero-order valence-electron chi connectivity index (χ0n) is 9.80. The molecule has 0 radical (unpaired) electrons. The summed E-state index contributed by atoms with van der Waals surface area (Å²) in [5.74, 6) is 0.0194. The van der Waals surface area contributed by atoms with E-state index in [4.69, 9.17) is 10.8 Å². The number of nitrogens with one attached hydrogen (secondary N) is 1. The minimum Gasteiger partial charge on any atom is -0.508 e. The normalized spacial score (nSPS) is 10.3. The van der Waals surface area contributed by atoms with E-state index in [9.17, 15) is 4.79 Å². The summed E-state index contributed by atoms with van der Waals surface area (Å²) < 4.78 is 0. The minimum absolute atomic E-state index is 0.185. The van der Waals surface area contributed by atoms with Gasteiger partial charge in [0.2, 0.25) is 0 Å². The third kappa shape index (κ3) is 2.78. The van der Waals surface area contributed by atoms with E-state index in [1.54, 1.807) is 31.2 Å². The van der Waals surface area contributed by atoms with E-state index >= 15 is 0 Å². The van der Waals surface area contributed by atoms with E-state index in [0.29, 0.717) is 22.2 Å². The zero-order valence-corrected chi connectivity index (χ0v) is 10.6. The highest BCUT2D eigenvalue weighted by Crippen LogP contribution is 2.19. The lowest BCUT2D eigenvalue weighted by molar-refractivity contribution is 0.0954. The van der Waals surface area contributed by atoms with Gasteiger partial charge in [0.25, 0.3) is 5.91 Å². The molecule has 0 fully saturated rings. The number of nitrogens with two attached hydrogens (primary N) is 1. The number of nitrogen functional groups attached to an aromatic ring is 1. The summed E-state index contributed by atoms with van der Waals surface area (Å²) in [6.45, 7) is 2.15. The first kappa shape index (κ1) is 12.4. The number of phenolic OH excluding ortho intramolecular Hbond substituents is 1. The molecular formula is C12H13N3O2S. The van der Waals surface area contributed by atoms with Crippen molar-refractivity contribution in [2.24, 2.45) is 0 Å². The van der Waals surface area contributed by atoms with Gasteiger partial charge in [-0.1, -0.05) is 23.5 Å². The Morgan fingerprint density at radius 1 is 1.44 bits per heavy atom. The molecule has 1 amide bonds. The summed E-state index contributed by atoms with van der Waals surface area (Å²) in [6, 6.07) is 6.67. The molecule has 0 bridgehead atoms. The fourth-order valence-electron chi connectivity index (χ4n) is 1.50. The highest BCUT2D eigenvalue weighted by molar-refractivity contribution is 7.17. The fourth-order valence-corrected chi connectivity index (χ4v) is 2.25. The molecule has 0 spiro atoms. The number of aryl methyl sites for hydroxylation is 1. The van der Waals surface area contributed by atoms with Crippen molar-refractivity contribution in [3.05, 3.63) is 40.4 Å². The first-order valence-corrected chi connectivity index (χ1v) is 6.17. The van der Waals surface area contributed by atoms with Crippen LogP contribution in [-0.2, 0) is 6.54 Å². The lowest BCUT2D eigenvalue weighted by Crippen LogP contribution is -2.22. The number of carbonyl (C=O) groups is 1. The average Bonchev–Trinajstić information content (AvgIpc) is 2.67. The van der Waals surface area contributed by atoms with Crippen LogP contribution in [0.25, 0.3) is 0 Å². The molecule has 94 valence electrons. The van der Waals surface area contributed by atoms with Crippen molar-refractivity contribution in [3.63, 3.8) is 0 Å². The summed E-state index contributed by atoms with van der Waals surface area (Å²) in [6.07, 6.45) is 0. The number of benzene rings is 1. The highest BCUT2D eigenvalue weighted by Gasteiger charge is 2.13. The van der Waals surface area contributed by atoms with Crippen molar-refractivity contribution in [2.45, 2.75) is 13.5 Å². The van der Waals surface area contributed by atoms with Gasteiger partial charge in [0.1, 0.15) is 10.6 Å². The van der Waals surface area contributed by atoms with Gasteiger partial charge < -0.3 is 16.2 Å². The van der Waals surface area contributed by atoms with Crippen LogP contribution in [0.3, 0.4) is 0 Å². The SMILES string of the molecule is Cc1nc(N)sc1C(=O)NCc1ccc(O)cc1. The number of carbonyl (C=O) groups excluding carboxylic acids is 1. The lowest BCUT2D eigenvalue weighted by Gasteiger charge is -2.04. The summed E-state index contributed by atoms with van der Waals surface area (Å²) in [5.41, 5.74) is 7.09. The largest absolute Gasteiger partial charge is 0.508 e. The van der Waals surface area contributed by atoms with Crippen molar-refractivity contribution in [1.29, 1.82) is 0 Å². The molecular weight excluding hydrogens is 250 g/mol. The number of phenols is 1. The molecule has 0 aliphatic rings. The maximum Gasteiger partial charge on any atom is 0.263 e. The second kappa shape index (κ2) is 5.05. The van der Waals surface area contributed by atoms with Gasteiger partial charge in [-0.05, 0) is 24.6 Å². The van der Waals surface area contributed by atoms with Crippen molar-refractivity contribution < 1.29 is 9.90 Å². The molecule has 6 heteroatoms. The van der Waals surface area contributed by atoms with Gasteiger partial charge in [0, 0.05) is 6.54 Å². The summed E-state index contributed by atoms with van der Waals surface area (Å²) in [5, 5.41) is 12.3. The number of nitrogens with zero attached hydrogens (tertiary/aromatic N) is 1. The maximum absolute atomic E-state index is 11.9. The third-order valence-corrected chi connectivity index (χ3v) is 3.39. The zero-order chi connectivity index (χ0) is 13.1. The number of anilines is 1. The second-order valence-electron chi connectivity index (χ2n) is 3.82. The van der Waals surface area contributed by atoms with E-state index in [-0.39, 0.29) is 11.7 Å². The van der Waals surface area contributed by atoms with Gasteiger partial charge in [-0.25, -0.2) is 4.98 Å². The van der Waals surface area contributed by atoms with Gasteiger partial charge in [0.15, 0.2) is 5.13 Å². The molecule has 1 heterocycles. The third-order valence-electron chi connectivity index (χ3n) is 2.41. The minimum atomic E-state index is -0.185. The van der Waals surface area contributed by atoms with Crippen LogP contribution < -0.4 is 11.1 Å². The Bertz CT molecular complexity index is 563. The van der Waals surface area contributed by atoms with Crippen LogP contribution in [0.1, 0.15) is 20.9 Å². The van der Waals surface area contributed by atoms with Crippen LogP contribution >= 0.6 is 11.3 Å². The Balaban J connectivity index is 2.00. The molecule has 18 heavy (non-hydrogen) atoms. The summed E-state index contributed by atoms with van der Waals surface area (Å²) in [4.78, 5) is 16.4. The van der Waals surface area contributed by atoms with Gasteiger partial charge in [-0.2, -0.15) is 0 Å². The lowest BCUT2D eigenvalue weighted by atomic mass is 10.2. The van der Waals surface area contributed by atoms with Crippen LogP contribution in [0.15, 0.2) is 24.3 Å². The number of thiazole rings is 1. The molecule has 0 aliphatic carbocycles. The first-order chi connectivity index (χ1) is 8.56. The Morgan fingerprint density at radius 3 is 2.67 bits per heavy atom. The quantitative estimate of drug-likeness (QED) is 0.786. The average molecular weight is 263 g/mol. The molecule has 0 aliphatic heterocycles. The van der Waals surface area contributed by atoms with E-state index < -0.39 is 0 Å². The number of aromatic nitrogens is 1. The Labute approximate surface area is 108 Å². The number of rotatable bonds is 3. The fraction of sp³-hybridized carbons (Fsp3) is 0.167. The number of hydrogen-bond donors (Lipinski definition) is 3. The van der Waals surface area contributed by atoms with E-state index in [1.807, 2.05) is 0 Å². The molecule has 2 aromatic rings. The van der Waals surface area contributed by atoms with E-state index in [2.05, 4.69) is 10.3 Å². The standard InChI is InChI=1S/C12H13N3O2S/c1-7-10(18-12(13)15-7)11(17)14-6-8-2-4-9(16)5-3-8/h2-5,16H,6H2,1H3,(H2,13,15)(H,14,17). The van der Waals surface area contributed by atoms with Gasteiger partial charge >= 0.3 is 0 Å². The van der Waals surface area contributed by atoms with Crippen molar-refractivity contribution in [1.82, 2.24) is 10.3 Å². The summed E-state index contributed by atoms with van der Waals surface area (Å²) >= 11 is 1.17. The van der Waals surface area contributed by atoms with Crippen molar-refractivity contribution in [2.75, 3.05) is 5.73 Å². The molecule has 0 atom stereocenters. The molecule has 2 rings (SSSR count). The number of amides is 1. The Kier molecular flexibility index (Phi) is 3.47. The molecule has 4 N–H and O–H groups in total. The van der Waals surface area contributed by atoms with Crippen LogP contribution in [0.2, 0.25) is 0 Å². The second-order valence-corrected chi connectivity index (χ2v) is 4.85. The van der Waals surface area contributed by atoms with Crippen molar-refractivity contribution >= 4 is 22.4 Å². The van der Waals surface area contributed by atoms with Crippen molar-refractivity contribution in [3.8, 4) is 5.75 Å².